The summed E-state index contributed by atoms with van der Waals surface area (Å²) in [5.41, 5.74) is 2.61. The minimum absolute atomic E-state index is 0.0987. The summed E-state index contributed by atoms with van der Waals surface area (Å²) in [4.78, 5) is 53.2. The molecular formula is C31H44N2O7Si. The molecule has 9 nitrogen and oxygen atoms in total. The van der Waals surface area contributed by atoms with Crippen LogP contribution in [0.15, 0.2) is 41.5 Å². The minimum Gasteiger partial charge on any atom is -0.441 e. The molecule has 3 heterocycles. The molecule has 0 saturated carbocycles. The van der Waals surface area contributed by atoms with Crippen LogP contribution < -0.4 is 9.80 Å². The maximum atomic E-state index is 14.5. The summed E-state index contributed by atoms with van der Waals surface area (Å²) in [5.74, 6) is -1.24. The third-order valence-corrected chi connectivity index (χ3v) is 11.1. The number of fused-ring (bicyclic) bond motifs is 2. The van der Waals surface area contributed by atoms with E-state index in [4.69, 9.17) is 9.47 Å². The Bertz CT molecular complexity index is 1270. The van der Waals surface area contributed by atoms with E-state index in [0.29, 0.717) is 29.9 Å². The van der Waals surface area contributed by atoms with Crippen LogP contribution in [0.25, 0.3) is 0 Å². The largest absolute Gasteiger partial charge is 0.441 e. The van der Waals surface area contributed by atoms with Crippen molar-refractivity contribution >= 4 is 37.5 Å². The zero-order valence-electron chi connectivity index (χ0n) is 25.3. The predicted molar refractivity (Wildman–Crippen MR) is 160 cm³/mol. The number of hydrogen-bond donors (Lipinski definition) is 2. The molecule has 0 bridgehead atoms. The number of aliphatic hydroxyl groups excluding tert-OH is 1. The highest BCUT2D eigenvalue weighted by Gasteiger charge is 2.66. The molecule has 41 heavy (non-hydrogen) atoms. The molecule has 10 heteroatoms. The molecule has 2 fully saturated rings. The van der Waals surface area contributed by atoms with Crippen molar-refractivity contribution in [2.75, 3.05) is 23.0 Å². The minimum atomic E-state index is -2.83. The van der Waals surface area contributed by atoms with Gasteiger partial charge in [0.15, 0.2) is 20.1 Å². The van der Waals surface area contributed by atoms with Crippen LogP contribution in [-0.2, 0) is 29.5 Å². The molecule has 3 aliphatic heterocycles. The van der Waals surface area contributed by atoms with Gasteiger partial charge in [-0.1, -0.05) is 30.2 Å². The van der Waals surface area contributed by atoms with Crippen LogP contribution in [0, 0.1) is 5.92 Å². The number of amides is 2. The summed E-state index contributed by atoms with van der Waals surface area (Å²) in [6.45, 7) is 13.4. The highest BCUT2D eigenvalue weighted by Crippen LogP contribution is 2.60. The molecule has 0 radical (unpaired) electrons. The van der Waals surface area contributed by atoms with Gasteiger partial charge in [-0.3, -0.25) is 19.3 Å². The number of carbonyl (C=O) groups excluding carboxylic acids is 3. The van der Waals surface area contributed by atoms with E-state index in [1.54, 1.807) is 17.0 Å². The average molecular weight is 585 g/mol. The molecule has 0 aliphatic carbocycles. The van der Waals surface area contributed by atoms with Crippen molar-refractivity contribution in [3.05, 3.63) is 47.1 Å². The lowest BCUT2D eigenvalue weighted by atomic mass is 9.82. The molecule has 2 saturated heterocycles. The fraction of sp³-hybridized carbons (Fsp3) is 0.581. The molecule has 0 aromatic heterocycles. The van der Waals surface area contributed by atoms with Crippen LogP contribution in [0.5, 0.6) is 0 Å². The highest BCUT2D eigenvalue weighted by molar-refractivity contribution is 6.71. The Morgan fingerprint density at radius 2 is 1.90 bits per heavy atom. The molecule has 224 valence electrons. The van der Waals surface area contributed by atoms with E-state index in [1.165, 1.54) is 23.0 Å². The van der Waals surface area contributed by atoms with E-state index in [0.717, 1.165) is 12.8 Å². The summed E-state index contributed by atoms with van der Waals surface area (Å²) in [6, 6.07) is 5.39. The van der Waals surface area contributed by atoms with Crippen molar-refractivity contribution in [1.29, 1.82) is 0 Å². The second kappa shape index (κ2) is 11.8. The van der Waals surface area contributed by atoms with Crippen LogP contribution in [0.4, 0.5) is 11.4 Å². The quantitative estimate of drug-likeness (QED) is 0.180. The molecule has 1 aromatic carbocycles. The van der Waals surface area contributed by atoms with Gasteiger partial charge in [0, 0.05) is 42.8 Å². The molecule has 1 aromatic rings. The third-order valence-electron chi connectivity index (χ3n) is 8.58. The van der Waals surface area contributed by atoms with E-state index in [1.807, 2.05) is 26.1 Å². The second-order valence-corrected chi connectivity index (χ2v) is 16.4. The summed E-state index contributed by atoms with van der Waals surface area (Å²) in [6.07, 6.45) is 5.28. The maximum Gasteiger partial charge on any atom is 0.304 e. The standard InChI is InChI=1S/C31H44N2O7Si/c1-19(2)9-8-10-20(3)13-15-32-25-12-11-23(33-27(36)18-28(33)39-22(5)35)17-24(25)31(30(32)37)21(4)29(41(6,7)38)26(40-31)14-16-34/h9,11-13,17,21,26,28-29,34,38H,8,10,14-16,18H2,1-7H3/b20-13+/t21-,26+,28?,29-,31+/m1/s1. The number of anilines is 2. The Kier molecular flexibility index (Phi) is 8.99. The second-order valence-electron chi connectivity index (χ2n) is 12.4. The van der Waals surface area contributed by atoms with Gasteiger partial charge in [-0.15, -0.1) is 0 Å². The van der Waals surface area contributed by atoms with Crippen molar-refractivity contribution in [3.8, 4) is 0 Å². The summed E-state index contributed by atoms with van der Waals surface area (Å²) < 4.78 is 12.0. The Labute approximate surface area is 243 Å². The molecule has 5 atom stereocenters. The first-order valence-corrected chi connectivity index (χ1v) is 17.5. The number of benzene rings is 1. The first-order valence-electron chi connectivity index (χ1n) is 14.5. The fourth-order valence-electron chi connectivity index (χ4n) is 6.71. The zero-order valence-corrected chi connectivity index (χ0v) is 26.3. The molecule has 2 N–H and O–H groups in total. The Morgan fingerprint density at radius 3 is 2.49 bits per heavy atom. The first kappa shape index (κ1) is 31.1. The van der Waals surface area contributed by atoms with Gasteiger partial charge in [0.2, 0.25) is 5.91 Å². The lowest BCUT2D eigenvalue weighted by Gasteiger charge is -2.39. The van der Waals surface area contributed by atoms with E-state index < -0.39 is 32.2 Å². The summed E-state index contributed by atoms with van der Waals surface area (Å²) >= 11 is 0. The number of esters is 1. The molecular weight excluding hydrogens is 540 g/mol. The van der Waals surface area contributed by atoms with Crippen LogP contribution in [0.3, 0.4) is 0 Å². The number of rotatable bonds is 10. The summed E-state index contributed by atoms with van der Waals surface area (Å²) in [5, 5.41) is 9.84. The van der Waals surface area contributed by atoms with E-state index >= 15 is 0 Å². The highest BCUT2D eigenvalue weighted by atomic mass is 28.4. The Morgan fingerprint density at radius 1 is 1.20 bits per heavy atom. The number of carbonyl (C=O) groups is 3. The van der Waals surface area contributed by atoms with Gasteiger partial charge < -0.3 is 24.3 Å². The molecule has 3 aliphatic rings. The molecule has 1 unspecified atom stereocenters. The molecule has 1 spiro atoms. The lowest BCUT2D eigenvalue weighted by Crippen LogP contribution is -2.55. The Balaban J connectivity index is 1.78. The van der Waals surface area contributed by atoms with Gasteiger partial charge in [0.05, 0.1) is 18.2 Å². The number of allylic oxidation sites excluding steroid dienone is 3. The van der Waals surface area contributed by atoms with Crippen LogP contribution in [0.2, 0.25) is 18.6 Å². The van der Waals surface area contributed by atoms with E-state index in [-0.39, 0.29) is 36.3 Å². The van der Waals surface area contributed by atoms with Crippen molar-refractivity contribution in [2.45, 2.75) is 96.9 Å². The number of nitrogens with zero attached hydrogens (tertiary/aromatic N) is 2. The van der Waals surface area contributed by atoms with Gasteiger partial charge in [0.1, 0.15) is 0 Å². The summed E-state index contributed by atoms with van der Waals surface area (Å²) in [7, 11) is -2.83. The molecule has 4 rings (SSSR count). The zero-order chi connectivity index (χ0) is 30.3. The topological polar surface area (TPSA) is 117 Å². The van der Waals surface area contributed by atoms with Crippen molar-refractivity contribution < 1.29 is 33.8 Å². The number of β-lactam (4-membered cyclic amide) rings is 1. The van der Waals surface area contributed by atoms with Crippen LogP contribution >= 0.6 is 0 Å². The van der Waals surface area contributed by atoms with E-state index in [2.05, 4.69) is 32.9 Å². The average Bonchev–Trinajstić information content (AvgIpc) is 3.28. The molecule has 2 amide bonds. The third kappa shape index (κ3) is 5.80. The van der Waals surface area contributed by atoms with Gasteiger partial charge in [0.25, 0.3) is 5.91 Å². The number of ether oxygens (including phenoxy) is 2. The van der Waals surface area contributed by atoms with E-state index in [9.17, 15) is 24.3 Å². The maximum absolute atomic E-state index is 14.5. The smallest absolute Gasteiger partial charge is 0.304 e. The van der Waals surface area contributed by atoms with Gasteiger partial charge in [-0.05, 0) is 71.3 Å². The monoisotopic (exact) mass is 584 g/mol. The van der Waals surface area contributed by atoms with Gasteiger partial charge >= 0.3 is 5.97 Å². The first-order chi connectivity index (χ1) is 19.2. The van der Waals surface area contributed by atoms with Crippen LogP contribution in [-0.4, -0.2) is 61.5 Å². The predicted octanol–water partition coefficient (Wildman–Crippen LogP) is 4.53. The van der Waals surface area contributed by atoms with Gasteiger partial charge in [-0.2, -0.15) is 0 Å². The van der Waals surface area contributed by atoms with Crippen molar-refractivity contribution in [2.24, 2.45) is 5.92 Å². The lowest BCUT2D eigenvalue weighted by molar-refractivity contribution is -0.153. The van der Waals surface area contributed by atoms with Gasteiger partial charge in [-0.25, -0.2) is 0 Å². The number of aliphatic hydroxyl groups is 1. The fourth-order valence-corrected chi connectivity index (χ4v) is 9.32. The van der Waals surface area contributed by atoms with Crippen molar-refractivity contribution in [1.82, 2.24) is 0 Å². The normalized spacial score (nSPS) is 27.8. The SMILES string of the molecule is CC(=O)OC1CC(=O)N1c1ccc2c(c1)[C@]1(O[C@@H](CCO)[C@H]([Si](C)(C)O)[C@H]1C)C(=O)N2C/C=C(\C)CCC=C(C)C. The van der Waals surface area contributed by atoms with Crippen LogP contribution in [0.1, 0.15) is 65.9 Å². The van der Waals surface area contributed by atoms with Crippen molar-refractivity contribution in [3.63, 3.8) is 0 Å². The number of hydrogen-bond acceptors (Lipinski definition) is 7. The Hall–Kier alpha value is -2.79.